The molecule has 0 saturated carbocycles. The van der Waals surface area contributed by atoms with Crippen LogP contribution in [0.4, 0.5) is 22.0 Å². The summed E-state index contributed by atoms with van der Waals surface area (Å²) in [6, 6.07) is 15.4. The van der Waals surface area contributed by atoms with Gasteiger partial charge in [0, 0.05) is 68.3 Å². The maximum Gasteiger partial charge on any atom is 0.323 e. The number of rotatable bonds is 8. The zero-order valence-corrected chi connectivity index (χ0v) is 23.3. The maximum atomic E-state index is 12.6. The van der Waals surface area contributed by atoms with Crippen LogP contribution in [0.1, 0.15) is 21.8 Å². The molecule has 1 fully saturated rings. The van der Waals surface area contributed by atoms with E-state index in [9.17, 15) is 9.59 Å². The number of hydrogen-bond donors (Lipinski definition) is 4. The lowest BCUT2D eigenvalue weighted by Crippen LogP contribution is -2.37. The molecule has 5 rings (SSSR count). The molecule has 3 heterocycles. The van der Waals surface area contributed by atoms with Gasteiger partial charge in [0.2, 0.25) is 0 Å². The van der Waals surface area contributed by atoms with E-state index in [2.05, 4.69) is 25.8 Å². The first-order valence-electron chi connectivity index (χ1n) is 13.4. The van der Waals surface area contributed by atoms with Crippen LogP contribution in [0.5, 0.6) is 0 Å². The molecule has 12 heteroatoms. The molecule has 214 valence electrons. The Hall–Kier alpha value is -5.23. The molecule has 2 aromatic heterocycles. The number of pyridine rings is 1. The van der Waals surface area contributed by atoms with E-state index in [1.54, 1.807) is 62.9 Å². The lowest BCUT2D eigenvalue weighted by Gasteiger charge is -2.28. The van der Waals surface area contributed by atoms with Gasteiger partial charge in [0.05, 0.1) is 24.6 Å². The second kappa shape index (κ2) is 13.0. The predicted octanol–water partition coefficient (Wildman–Crippen LogP) is 3.97. The number of fused-ring (bicyclic) bond motifs is 1. The monoisotopic (exact) mass is 565 g/mol. The first-order valence-corrected chi connectivity index (χ1v) is 13.4. The van der Waals surface area contributed by atoms with E-state index in [1.807, 2.05) is 18.2 Å². The SMILES string of the molecule is CN=CC(C=N)c1cnc2c(N3CCOCC3)nc(-c3ccc(NC(=O)Nc4ccc(C(=O)NC)cc4)cc3)nc2c1. The van der Waals surface area contributed by atoms with Crippen LogP contribution in [0.15, 0.2) is 65.8 Å². The molecule has 42 heavy (non-hydrogen) atoms. The molecule has 0 aliphatic carbocycles. The summed E-state index contributed by atoms with van der Waals surface area (Å²) in [5.74, 6) is 0.745. The molecular formula is C30H31N9O3. The Morgan fingerprint density at radius 1 is 1.02 bits per heavy atom. The van der Waals surface area contributed by atoms with Gasteiger partial charge in [-0.05, 0) is 60.2 Å². The van der Waals surface area contributed by atoms with Gasteiger partial charge < -0.3 is 31.0 Å². The van der Waals surface area contributed by atoms with E-state index >= 15 is 0 Å². The zero-order valence-electron chi connectivity index (χ0n) is 23.3. The number of urea groups is 1. The quantitative estimate of drug-likeness (QED) is 0.235. The van der Waals surface area contributed by atoms with E-state index in [0.29, 0.717) is 60.1 Å². The van der Waals surface area contributed by atoms with Gasteiger partial charge in [-0.25, -0.2) is 14.8 Å². The summed E-state index contributed by atoms with van der Waals surface area (Å²) in [6.07, 6.45) is 4.76. The van der Waals surface area contributed by atoms with Crippen LogP contribution in [0, 0.1) is 5.41 Å². The number of ether oxygens (including phenoxy) is 1. The average Bonchev–Trinajstić information content (AvgIpc) is 3.03. The zero-order chi connectivity index (χ0) is 29.5. The van der Waals surface area contributed by atoms with Gasteiger partial charge in [0.25, 0.3) is 5.91 Å². The number of aliphatic imine (C=N–C) groups is 1. The number of nitrogens with one attached hydrogen (secondary N) is 4. The van der Waals surface area contributed by atoms with Crippen molar-refractivity contribution in [3.8, 4) is 11.4 Å². The highest BCUT2D eigenvalue weighted by Gasteiger charge is 2.20. The Morgan fingerprint density at radius 3 is 2.31 bits per heavy atom. The molecule has 1 aliphatic rings. The van der Waals surface area contributed by atoms with Crippen LogP contribution in [0.2, 0.25) is 0 Å². The topological polar surface area (TPSA) is 158 Å². The van der Waals surface area contributed by atoms with Crippen molar-refractivity contribution in [2.75, 3.05) is 55.9 Å². The van der Waals surface area contributed by atoms with Crippen LogP contribution in [0.25, 0.3) is 22.4 Å². The smallest absolute Gasteiger partial charge is 0.323 e. The summed E-state index contributed by atoms with van der Waals surface area (Å²) in [6.45, 7) is 2.57. The lowest BCUT2D eigenvalue weighted by atomic mass is 10.0. The fraction of sp³-hybridized carbons (Fsp3) is 0.233. The number of aromatic nitrogens is 3. The first kappa shape index (κ1) is 28.3. The summed E-state index contributed by atoms with van der Waals surface area (Å²) < 4.78 is 5.54. The molecule has 0 radical (unpaired) electrons. The highest BCUT2D eigenvalue weighted by molar-refractivity contribution is 6.00. The normalized spacial score (nSPS) is 14.0. The molecule has 4 N–H and O–H groups in total. The summed E-state index contributed by atoms with van der Waals surface area (Å²) in [4.78, 5) is 44.9. The van der Waals surface area contributed by atoms with Gasteiger partial charge >= 0.3 is 6.03 Å². The molecule has 1 aliphatic heterocycles. The second-order valence-electron chi connectivity index (χ2n) is 9.52. The number of anilines is 3. The molecule has 4 aromatic rings. The molecule has 1 unspecified atom stereocenters. The molecule has 3 amide bonds. The van der Waals surface area contributed by atoms with Crippen LogP contribution in [0.3, 0.4) is 0 Å². The fourth-order valence-electron chi connectivity index (χ4n) is 4.56. The fourth-order valence-corrected chi connectivity index (χ4v) is 4.56. The van der Waals surface area contributed by atoms with Crippen molar-refractivity contribution in [3.05, 3.63) is 71.9 Å². The van der Waals surface area contributed by atoms with Crippen molar-refractivity contribution >= 4 is 52.6 Å². The number of morpholine rings is 1. The maximum absolute atomic E-state index is 12.6. The Morgan fingerprint density at radius 2 is 1.69 bits per heavy atom. The minimum Gasteiger partial charge on any atom is -0.378 e. The van der Waals surface area contributed by atoms with Crippen molar-refractivity contribution in [3.63, 3.8) is 0 Å². The Labute approximate surface area is 242 Å². The molecule has 1 saturated heterocycles. The van der Waals surface area contributed by atoms with Gasteiger partial charge in [0.1, 0.15) is 5.52 Å². The van der Waals surface area contributed by atoms with E-state index in [0.717, 1.165) is 16.9 Å². The number of amides is 3. The second-order valence-corrected chi connectivity index (χ2v) is 9.52. The predicted molar refractivity (Wildman–Crippen MR) is 164 cm³/mol. The molecule has 0 spiro atoms. The van der Waals surface area contributed by atoms with Crippen molar-refractivity contribution in [1.29, 1.82) is 5.41 Å². The molecule has 1 atom stereocenters. The van der Waals surface area contributed by atoms with Crippen molar-refractivity contribution in [1.82, 2.24) is 20.3 Å². The molecule has 0 bridgehead atoms. The van der Waals surface area contributed by atoms with Crippen molar-refractivity contribution in [2.45, 2.75) is 5.92 Å². The number of benzene rings is 2. The summed E-state index contributed by atoms with van der Waals surface area (Å²) in [7, 11) is 3.24. The minimum atomic E-state index is -0.415. The summed E-state index contributed by atoms with van der Waals surface area (Å²) in [5.41, 5.74) is 4.58. The highest BCUT2D eigenvalue weighted by atomic mass is 16.5. The largest absolute Gasteiger partial charge is 0.378 e. The van der Waals surface area contributed by atoms with Crippen molar-refractivity contribution < 1.29 is 14.3 Å². The third-order valence-corrected chi connectivity index (χ3v) is 6.76. The van der Waals surface area contributed by atoms with Gasteiger partial charge in [-0.3, -0.25) is 14.8 Å². The standard InChI is InChI=1S/C30H31N9O3/c1-32-17-22(16-31)21-15-25-26(34-18-21)28(39-11-13-42-14-12-39)38-27(37-25)19-3-7-23(8-4-19)35-30(41)36-24-9-5-20(6-10-24)29(40)33-2/h3-10,15-18,22,31H,11-14H2,1-2H3,(H,33,40)(H2,35,36,41). The van der Waals surface area contributed by atoms with Crippen LogP contribution < -0.4 is 20.9 Å². The number of nitrogens with zero attached hydrogens (tertiary/aromatic N) is 5. The van der Waals surface area contributed by atoms with Crippen LogP contribution >= 0.6 is 0 Å². The summed E-state index contributed by atoms with van der Waals surface area (Å²) >= 11 is 0. The average molecular weight is 566 g/mol. The molecule has 2 aromatic carbocycles. The Bertz CT molecular complexity index is 1620. The van der Waals surface area contributed by atoms with E-state index in [-0.39, 0.29) is 11.8 Å². The highest BCUT2D eigenvalue weighted by Crippen LogP contribution is 2.29. The Kier molecular flexibility index (Phi) is 8.73. The number of carbonyl (C=O) groups is 2. The first-order chi connectivity index (χ1) is 20.5. The lowest BCUT2D eigenvalue weighted by molar-refractivity contribution is 0.0963. The molecule has 12 nitrogen and oxygen atoms in total. The number of carbonyl (C=O) groups excluding carboxylic acids is 2. The number of hydrogen-bond acceptors (Lipinski definition) is 9. The van der Waals surface area contributed by atoms with Crippen molar-refractivity contribution in [2.24, 2.45) is 4.99 Å². The molecular weight excluding hydrogens is 534 g/mol. The van der Waals surface area contributed by atoms with Gasteiger partial charge in [0.15, 0.2) is 11.6 Å². The van der Waals surface area contributed by atoms with Gasteiger partial charge in [-0.1, -0.05) is 0 Å². The third-order valence-electron chi connectivity index (χ3n) is 6.76. The van der Waals surface area contributed by atoms with E-state index < -0.39 is 6.03 Å². The van der Waals surface area contributed by atoms with Crippen LogP contribution in [-0.4, -0.2) is 79.7 Å². The Balaban J connectivity index is 1.39. The van der Waals surface area contributed by atoms with Gasteiger partial charge in [-0.2, -0.15) is 0 Å². The van der Waals surface area contributed by atoms with E-state index in [4.69, 9.17) is 25.1 Å². The minimum absolute atomic E-state index is 0.197. The third kappa shape index (κ3) is 6.39. The van der Waals surface area contributed by atoms with Crippen LogP contribution in [-0.2, 0) is 4.74 Å². The summed E-state index contributed by atoms with van der Waals surface area (Å²) in [5, 5.41) is 15.9. The van der Waals surface area contributed by atoms with Gasteiger partial charge in [-0.15, -0.1) is 0 Å². The van der Waals surface area contributed by atoms with E-state index in [1.165, 1.54) is 6.21 Å².